The van der Waals surface area contributed by atoms with Crippen LogP contribution in [0, 0.1) is 5.41 Å². The maximum atomic E-state index is 11.5. The number of carbonyl (C=O) groups excluding carboxylic acids is 2. The van der Waals surface area contributed by atoms with E-state index in [9.17, 15) is 9.59 Å². The van der Waals surface area contributed by atoms with E-state index in [0.29, 0.717) is 18.4 Å². The second kappa shape index (κ2) is 6.28. The average molecular weight is 356 g/mol. The molecule has 2 aliphatic heterocycles. The summed E-state index contributed by atoms with van der Waals surface area (Å²) in [5.74, 6) is 0.558. The molecule has 2 fully saturated rings. The molecule has 26 heavy (non-hydrogen) atoms. The topological polar surface area (TPSA) is 82.5 Å². The number of aryl methyl sites for hydroxylation is 1. The van der Waals surface area contributed by atoms with Gasteiger partial charge in [0.15, 0.2) is 5.82 Å². The molecule has 2 aliphatic rings. The van der Waals surface area contributed by atoms with Gasteiger partial charge < -0.3 is 15.1 Å². The van der Waals surface area contributed by atoms with Crippen LogP contribution in [-0.4, -0.2) is 61.9 Å². The number of nitrogens with zero attached hydrogens (tertiary/aromatic N) is 4. The number of anilines is 2. The molecule has 0 saturated carbocycles. The maximum absolute atomic E-state index is 11.5. The third kappa shape index (κ3) is 2.80. The molecule has 2 aromatic rings. The maximum Gasteiger partial charge on any atom is 0.228 e. The minimum atomic E-state index is -0.286. The van der Waals surface area contributed by atoms with Crippen molar-refractivity contribution in [1.82, 2.24) is 20.4 Å². The Morgan fingerprint density at radius 3 is 2.85 bits per heavy atom. The quantitative estimate of drug-likeness (QED) is 0.714. The first kappa shape index (κ1) is 16.8. The SMILES string of the molecule is CN(CCC(=O)NC=O)c1nn(C)c2cc(N3CC4(CNC4)C3)ccc12. The molecule has 0 bridgehead atoms. The van der Waals surface area contributed by atoms with Gasteiger partial charge in [-0.2, -0.15) is 5.10 Å². The monoisotopic (exact) mass is 356 g/mol. The van der Waals surface area contributed by atoms with Crippen molar-refractivity contribution in [3.63, 3.8) is 0 Å². The molecule has 1 aromatic carbocycles. The molecule has 138 valence electrons. The zero-order valence-corrected chi connectivity index (χ0v) is 15.2. The van der Waals surface area contributed by atoms with Crippen LogP contribution < -0.4 is 20.4 Å². The first-order valence-corrected chi connectivity index (χ1v) is 8.88. The van der Waals surface area contributed by atoms with E-state index in [1.54, 1.807) is 0 Å². The van der Waals surface area contributed by atoms with Crippen molar-refractivity contribution in [2.75, 3.05) is 49.6 Å². The third-order valence-electron chi connectivity index (χ3n) is 5.49. The summed E-state index contributed by atoms with van der Waals surface area (Å²) in [4.78, 5) is 26.2. The van der Waals surface area contributed by atoms with E-state index < -0.39 is 0 Å². The molecule has 0 atom stereocenters. The molecule has 8 nitrogen and oxygen atoms in total. The van der Waals surface area contributed by atoms with Gasteiger partial charge in [-0.3, -0.25) is 19.6 Å². The Labute approximate surface area is 152 Å². The zero-order valence-electron chi connectivity index (χ0n) is 15.2. The molecule has 3 heterocycles. The smallest absolute Gasteiger partial charge is 0.228 e. The Hall–Kier alpha value is -2.61. The average Bonchev–Trinajstić information content (AvgIpc) is 2.87. The van der Waals surface area contributed by atoms with Crippen LogP contribution >= 0.6 is 0 Å². The Kier molecular flexibility index (Phi) is 4.07. The number of carbonyl (C=O) groups is 2. The van der Waals surface area contributed by atoms with Crippen LogP contribution in [0.2, 0.25) is 0 Å². The minimum Gasteiger partial charge on any atom is -0.370 e. The number of benzene rings is 1. The largest absolute Gasteiger partial charge is 0.370 e. The van der Waals surface area contributed by atoms with E-state index in [4.69, 9.17) is 0 Å². The number of amides is 2. The lowest BCUT2D eigenvalue weighted by Gasteiger charge is -2.57. The number of fused-ring (bicyclic) bond motifs is 1. The molecule has 2 N–H and O–H groups in total. The van der Waals surface area contributed by atoms with Gasteiger partial charge >= 0.3 is 0 Å². The highest BCUT2D eigenvalue weighted by Crippen LogP contribution is 2.39. The van der Waals surface area contributed by atoms with Gasteiger partial charge in [0.1, 0.15) is 0 Å². The highest BCUT2D eigenvalue weighted by Gasteiger charge is 2.47. The van der Waals surface area contributed by atoms with Crippen molar-refractivity contribution in [2.24, 2.45) is 12.5 Å². The fourth-order valence-corrected chi connectivity index (χ4v) is 3.87. The second-order valence-electron chi connectivity index (χ2n) is 7.47. The van der Waals surface area contributed by atoms with Gasteiger partial charge in [-0.15, -0.1) is 0 Å². The molecular formula is C18H24N6O2. The first-order chi connectivity index (χ1) is 12.5. The summed E-state index contributed by atoms with van der Waals surface area (Å²) >= 11 is 0. The van der Waals surface area contributed by atoms with Crippen LogP contribution in [0.4, 0.5) is 11.5 Å². The molecule has 0 aliphatic carbocycles. The normalized spacial score (nSPS) is 17.7. The van der Waals surface area contributed by atoms with E-state index in [0.717, 1.165) is 42.9 Å². The van der Waals surface area contributed by atoms with Crippen molar-refractivity contribution in [3.8, 4) is 0 Å². The Morgan fingerprint density at radius 1 is 1.42 bits per heavy atom. The Morgan fingerprint density at radius 2 is 2.19 bits per heavy atom. The van der Waals surface area contributed by atoms with Gasteiger partial charge in [0.25, 0.3) is 0 Å². The van der Waals surface area contributed by atoms with Crippen molar-refractivity contribution in [1.29, 1.82) is 0 Å². The molecule has 4 rings (SSSR count). The summed E-state index contributed by atoms with van der Waals surface area (Å²) < 4.78 is 1.89. The van der Waals surface area contributed by atoms with Crippen molar-refractivity contribution < 1.29 is 9.59 Å². The van der Waals surface area contributed by atoms with E-state index in [1.807, 2.05) is 23.7 Å². The van der Waals surface area contributed by atoms with Crippen LogP contribution in [0.15, 0.2) is 18.2 Å². The lowest BCUT2D eigenvalue weighted by molar-refractivity contribution is -0.125. The van der Waals surface area contributed by atoms with E-state index >= 15 is 0 Å². The molecule has 2 saturated heterocycles. The lowest BCUT2D eigenvalue weighted by Crippen LogP contribution is -2.71. The number of rotatable bonds is 6. The van der Waals surface area contributed by atoms with Crippen LogP contribution in [0.5, 0.6) is 0 Å². The summed E-state index contributed by atoms with van der Waals surface area (Å²) in [5, 5.41) is 11.2. The predicted octanol–water partition coefficient (Wildman–Crippen LogP) is 0.0818. The molecule has 1 aromatic heterocycles. The number of hydrogen-bond acceptors (Lipinski definition) is 6. The highest BCUT2D eigenvalue weighted by atomic mass is 16.2. The molecule has 8 heteroatoms. The number of nitrogens with one attached hydrogen (secondary N) is 2. The number of hydrogen-bond donors (Lipinski definition) is 2. The molecule has 1 spiro atoms. The summed E-state index contributed by atoms with van der Waals surface area (Å²) in [6.07, 6.45) is 0.662. The summed E-state index contributed by atoms with van der Waals surface area (Å²) in [6.45, 7) is 4.98. The van der Waals surface area contributed by atoms with Gasteiger partial charge in [0.2, 0.25) is 12.3 Å². The van der Waals surface area contributed by atoms with Gasteiger partial charge in [0, 0.05) is 69.7 Å². The zero-order chi connectivity index (χ0) is 18.3. The minimum absolute atomic E-state index is 0.245. The predicted molar refractivity (Wildman–Crippen MR) is 100 cm³/mol. The van der Waals surface area contributed by atoms with E-state index in [-0.39, 0.29) is 12.3 Å². The van der Waals surface area contributed by atoms with Crippen LogP contribution in [-0.2, 0) is 16.6 Å². The lowest BCUT2D eigenvalue weighted by atomic mass is 9.74. The van der Waals surface area contributed by atoms with Gasteiger partial charge in [-0.1, -0.05) is 0 Å². The third-order valence-corrected chi connectivity index (χ3v) is 5.49. The summed E-state index contributed by atoms with van der Waals surface area (Å²) in [5.41, 5.74) is 2.81. The second-order valence-corrected chi connectivity index (χ2v) is 7.47. The van der Waals surface area contributed by atoms with Gasteiger partial charge in [0.05, 0.1) is 5.52 Å². The fourth-order valence-electron chi connectivity index (χ4n) is 3.87. The standard InChI is InChI=1S/C18H24N6O2/c1-22(6-5-16(26)20-12-25)17-14-4-3-13(7-15(14)23(2)21-17)24-10-18(11-24)8-19-9-18/h3-4,7,12,19H,5-6,8-11H2,1-2H3,(H,20,25,26). The van der Waals surface area contributed by atoms with E-state index in [1.165, 1.54) is 5.69 Å². The molecule has 2 amide bonds. The van der Waals surface area contributed by atoms with Gasteiger partial charge in [-0.25, -0.2) is 0 Å². The Bertz CT molecular complexity index is 849. The summed E-state index contributed by atoms with van der Waals surface area (Å²) in [7, 11) is 3.85. The first-order valence-electron chi connectivity index (χ1n) is 8.88. The Balaban J connectivity index is 1.50. The van der Waals surface area contributed by atoms with Crippen LogP contribution in [0.3, 0.4) is 0 Å². The highest BCUT2D eigenvalue weighted by molar-refractivity contribution is 5.93. The fraction of sp³-hybridized carbons (Fsp3) is 0.500. The number of imide groups is 1. The van der Waals surface area contributed by atoms with Crippen LogP contribution in [0.1, 0.15) is 6.42 Å². The van der Waals surface area contributed by atoms with Crippen molar-refractivity contribution >= 4 is 34.7 Å². The van der Waals surface area contributed by atoms with Crippen molar-refractivity contribution in [2.45, 2.75) is 6.42 Å². The number of aromatic nitrogens is 2. The van der Waals surface area contributed by atoms with Gasteiger partial charge in [-0.05, 0) is 18.2 Å². The van der Waals surface area contributed by atoms with Crippen LogP contribution in [0.25, 0.3) is 10.9 Å². The molecular weight excluding hydrogens is 332 g/mol. The van der Waals surface area contributed by atoms with Crippen molar-refractivity contribution in [3.05, 3.63) is 18.2 Å². The summed E-state index contributed by atoms with van der Waals surface area (Å²) in [6, 6.07) is 6.45. The molecule has 0 unspecified atom stereocenters. The van der Waals surface area contributed by atoms with E-state index in [2.05, 4.69) is 38.8 Å². The molecule has 0 radical (unpaired) electrons.